The quantitative estimate of drug-likeness (QED) is 0.770. The van der Waals surface area contributed by atoms with Crippen molar-refractivity contribution in [2.24, 2.45) is 0 Å². The lowest BCUT2D eigenvalue weighted by Gasteiger charge is -2.09. The number of fused-ring (bicyclic) bond motifs is 1. The van der Waals surface area contributed by atoms with Crippen molar-refractivity contribution in [1.29, 1.82) is 0 Å². The van der Waals surface area contributed by atoms with E-state index in [1.807, 2.05) is 12.1 Å². The van der Waals surface area contributed by atoms with Gasteiger partial charge in [-0.05, 0) is 19.0 Å². The molecule has 3 aromatic rings. The Balaban J connectivity index is 1.97. The van der Waals surface area contributed by atoms with Crippen LogP contribution in [0.3, 0.4) is 0 Å². The largest absolute Gasteiger partial charge is 0.419 e. The molecule has 0 aliphatic carbocycles. The van der Waals surface area contributed by atoms with Crippen LogP contribution in [0.15, 0.2) is 34.1 Å². The SMILES string of the molecule is CCNC(CC)c1nnc(-c2csc3ccccc23)o1. The molecule has 1 aromatic carbocycles. The molecular weight excluding hydrogens is 270 g/mol. The summed E-state index contributed by atoms with van der Waals surface area (Å²) in [5.74, 6) is 1.27. The third-order valence-corrected chi connectivity index (χ3v) is 4.27. The molecule has 0 radical (unpaired) electrons. The van der Waals surface area contributed by atoms with Gasteiger partial charge < -0.3 is 9.73 Å². The lowest BCUT2D eigenvalue weighted by molar-refractivity contribution is 0.402. The van der Waals surface area contributed by atoms with Crippen LogP contribution in [0.1, 0.15) is 32.2 Å². The summed E-state index contributed by atoms with van der Waals surface area (Å²) in [5.41, 5.74) is 1.02. The van der Waals surface area contributed by atoms with Crippen molar-refractivity contribution in [3.8, 4) is 11.5 Å². The van der Waals surface area contributed by atoms with Gasteiger partial charge >= 0.3 is 0 Å². The van der Waals surface area contributed by atoms with Gasteiger partial charge in [0.15, 0.2) is 0 Å². The van der Waals surface area contributed by atoms with E-state index < -0.39 is 0 Å². The van der Waals surface area contributed by atoms with Crippen LogP contribution in [-0.2, 0) is 0 Å². The lowest BCUT2D eigenvalue weighted by atomic mass is 10.2. The zero-order valence-corrected chi connectivity index (χ0v) is 12.4. The van der Waals surface area contributed by atoms with E-state index in [1.165, 1.54) is 10.1 Å². The molecule has 2 heterocycles. The van der Waals surface area contributed by atoms with Crippen LogP contribution in [0.25, 0.3) is 21.5 Å². The summed E-state index contributed by atoms with van der Waals surface area (Å²) in [4.78, 5) is 0. The van der Waals surface area contributed by atoms with Gasteiger partial charge in [0.1, 0.15) is 0 Å². The first-order valence-corrected chi connectivity index (χ1v) is 7.74. The highest BCUT2D eigenvalue weighted by Crippen LogP contribution is 2.33. The molecule has 0 aliphatic rings. The Labute approximate surface area is 121 Å². The highest BCUT2D eigenvalue weighted by atomic mass is 32.1. The topological polar surface area (TPSA) is 51.0 Å². The maximum Gasteiger partial charge on any atom is 0.249 e. The molecule has 0 bridgehead atoms. The Morgan fingerprint density at radius 3 is 2.90 bits per heavy atom. The van der Waals surface area contributed by atoms with Crippen molar-refractivity contribution < 1.29 is 4.42 Å². The van der Waals surface area contributed by atoms with Crippen LogP contribution in [0.2, 0.25) is 0 Å². The number of hydrogen-bond acceptors (Lipinski definition) is 5. The van der Waals surface area contributed by atoms with E-state index in [4.69, 9.17) is 4.42 Å². The Morgan fingerprint density at radius 2 is 2.10 bits per heavy atom. The van der Waals surface area contributed by atoms with Gasteiger partial charge in [-0.25, -0.2) is 0 Å². The minimum Gasteiger partial charge on any atom is -0.419 e. The molecule has 20 heavy (non-hydrogen) atoms. The van der Waals surface area contributed by atoms with Gasteiger partial charge in [-0.1, -0.05) is 32.0 Å². The highest BCUT2D eigenvalue weighted by Gasteiger charge is 2.18. The predicted octanol–water partition coefficient (Wildman–Crippen LogP) is 4.01. The maximum atomic E-state index is 5.86. The van der Waals surface area contributed by atoms with E-state index in [9.17, 15) is 0 Å². The van der Waals surface area contributed by atoms with Gasteiger partial charge in [-0.2, -0.15) is 0 Å². The van der Waals surface area contributed by atoms with Crippen molar-refractivity contribution in [1.82, 2.24) is 15.5 Å². The molecular formula is C15H17N3OS. The monoisotopic (exact) mass is 287 g/mol. The summed E-state index contributed by atoms with van der Waals surface area (Å²) in [6.45, 7) is 5.07. The fraction of sp³-hybridized carbons (Fsp3) is 0.333. The molecule has 1 unspecified atom stereocenters. The van der Waals surface area contributed by atoms with Crippen molar-refractivity contribution >= 4 is 21.4 Å². The fourth-order valence-corrected chi connectivity index (χ4v) is 3.22. The summed E-state index contributed by atoms with van der Waals surface area (Å²) in [7, 11) is 0. The Kier molecular flexibility index (Phi) is 3.80. The molecule has 1 atom stereocenters. The average molecular weight is 287 g/mol. The number of aromatic nitrogens is 2. The Hall–Kier alpha value is -1.72. The number of rotatable bonds is 5. The van der Waals surface area contributed by atoms with Crippen LogP contribution in [0, 0.1) is 0 Å². The third kappa shape index (κ3) is 2.34. The van der Waals surface area contributed by atoms with E-state index in [0.717, 1.165) is 18.5 Å². The predicted molar refractivity (Wildman–Crippen MR) is 81.8 cm³/mol. The second-order valence-electron chi connectivity index (χ2n) is 4.61. The molecule has 0 aliphatic heterocycles. The van der Waals surface area contributed by atoms with E-state index in [0.29, 0.717) is 11.8 Å². The summed E-state index contributed by atoms with van der Waals surface area (Å²) in [6, 6.07) is 8.40. The summed E-state index contributed by atoms with van der Waals surface area (Å²) in [6.07, 6.45) is 0.930. The van der Waals surface area contributed by atoms with E-state index in [1.54, 1.807) is 11.3 Å². The number of nitrogens with zero attached hydrogens (tertiary/aromatic N) is 2. The zero-order valence-electron chi connectivity index (χ0n) is 11.6. The van der Waals surface area contributed by atoms with Crippen molar-refractivity contribution in [3.05, 3.63) is 35.5 Å². The van der Waals surface area contributed by atoms with Crippen LogP contribution in [0.4, 0.5) is 0 Å². The van der Waals surface area contributed by atoms with E-state index in [2.05, 4.69) is 46.9 Å². The molecule has 104 valence electrons. The maximum absolute atomic E-state index is 5.86. The molecule has 1 N–H and O–H groups in total. The van der Waals surface area contributed by atoms with Crippen molar-refractivity contribution in [2.45, 2.75) is 26.3 Å². The number of hydrogen-bond donors (Lipinski definition) is 1. The van der Waals surface area contributed by atoms with Crippen molar-refractivity contribution in [2.75, 3.05) is 6.54 Å². The summed E-state index contributed by atoms with van der Waals surface area (Å²) < 4.78 is 7.10. The molecule has 0 fully saturated rings. The molecule has 2 aromatic heterocycles. The number of nitrogens with one attached hydrogen (secondary N) is 1. The van der Waals surface area contributed by atoms with Gasteiger partial charge in [0, 0.05) is 15.5 Å². The standard InChI is InChI=1S/C15H17N3OS/c1-3-12(16-4-2)15-18-17-14(19-15)11-9-20-13-8-6-5-7-10(11)13/h5-9,12,16H,3-4H2,1-2H3. The van der Waals surface area contributed by atoms with Crippen LogP contribution in [-0.4, -0.2) is 16.7 Å². The van der Waals surface area contributed by atoms with E-state index in [-0.39, 0.29) is 6.04 Å². The van der Waals surface area contributed by atoms with Crippen LogP contribution < -0.4 is 5.32 Å². The van der Waals surface area contributed by atoms with E-state index >= 15 is 0 Å². The highest BCUT2D eigenvalue weighted by molar-refractivity contribution is 7.17. The fourth-order valence-electron chi connectivity index (χ4n) is 2.28. The van der Waals surface area contributed by atoms with Gasteiger partial charge in [-0.3, -0.25) is 0 Å². The van der Waals surface area contributed by atoms with Gasteiger partial charge in [-0.15, -0.1) is 21.5 Å². The van der Waals surface area contributed by atoms with Crippen molar-refractivity contribution in [3.63, 3.8) is 0 Å². The Bertz CT molecular complexity index is 704. The second-order valence-corrected chi connectivity index (χ2v) is 5.52. The minimum atomic E-state index is 0.131. The summed E-state index contributed by atoms with van der Waals surface area (Å²) in [5, 5.41) is 15.0. The number of thiophene rings is 1. The third-order valence-electron chi connectivity index (χ3n) is 3.31. The summed E-state index contributed by atoms with van der Waals surface area (Å²) >= 11 is 1.70. The smallest absolute Gasteiger partial charge is 0.249 e. The first-order chi connectivity index (χ1) is 9.83. The number of benzene rings is 1. The molecule has 3 rings (SSSR count). The molecule has 5 heteroatoms. The molecule has 0 amide bonds. The van der Waals surface area contributed by atoms with Crippen LogP contribution in [0.5, 0.6) is 0 Å². The molecule has 0 saturated carbocycles. The van der Waals surface area contributed by atoms with Crippen LogP contribution >= 0.6 is 11.3 Å². The Morgan fingerprint density at radius 1 is 1.25 bits per heavy atom. The average Bonchev–Trinajstić information content (AvgIpc) is 3.11. The minimum absolute atomic E-state index is 0.131. The second kappa shape index (κ2) is 5.73. The lowest BCUT2D eigenvalue weighted by Crippen LogP contribution is -2.20. The van der Waals surface area contributed by atoms with Gasteiger partial charge in [0.25, 0.3) is 0 Å². The molecule has 0 spiro atoms. The first kappa shape index (κ1) is 13.3. The normalized spacial score (nSPS) is 12.9. The first-order valence-electron chi connectivity index (χ1n) is 6.86. The van der Waals surface area contributed by atoms with Gasteiger partial charge in [0.05, 0.1) is 11.6 Å². The zero-order chi connectivity index (χ0) is 13.9. The van der Waals surface area contributed by atoms with Gasteiger partial charge in [0.2, 0.25) is 11.8 Å². The molecule has 4 nitrogen and oxygen atoms in total. The molecule has 0 saturated heterocycles.